The van der Waals surface area contributed by atoms with E-state index >= 15 is 0 Å². The van der Waals surface area contributed by atoms with Gasteiger partial charge in [0.2, 0.25) is 0 Å². The quantitative estimate of drug-likeness (QED) is 0.602. The third-order valence-corrected chi connectivity index (χ3v) is 10.6. The van der Waals surface area contributed by atoms with Crippen molar-refractivity contribution in [2.45, 2.75) is 82.0 Å². The van der Waals surface area contributed by atoms with Crippen LogP contribution in [0.15, 0.2) is 24.3 Å². The second kappa shape index (κ2) is 9.30. The van der Waals surface area contributed by atoms with Crippen LogP contribution in [0.25, 0.3) is 0 Å². The molecule has 0 aromatic heterocycles. The maximum absolute atomic E-state index is 13.6. The molecule has 2 bridgehead atoms. The molecule has 4 fully saturated rings. The Balaban J connectivity index is 1.37. The standard InChI is InChI=1S/C25H38O4S/c1-25(2)18-14-21(25)20(12-13-29-16-17-8-10-19(28-3)11-9-17)24(15-18)30(27)23-7-5-4-6-22(23)26/h8-11,18,20-24,26H,4-7,12-16H2,1-3H3/t18-,20+,21+,22-,23-,24-,30-/m1/s1. The van der Waals surface area contributed by atoms with Gasteiger partial charge in [-0.05, 0) is 73.0 Å². The molecule has 4 nitrogen and oxygen atoms in total. The van der Waals surface area contributed by atoms with Crippen molar-refractivity contribution >= 4 is 10.8 Å². The zero-order valence-corrected chi connectivity index (χ0v) is 19.5. The van der Waals surface area contributed by atoms with Crippen molar-refractivity contribution in [3.05, 3.63) is 29.8 Å². The van der Waals surface area contributed by atoms with Crippen LogP contribution in [-0.2, 0) is 22.1 Å². The van der Waals surface area contributed by atoms with Crippen LogP contribution in [0.3, 0.4) is 0 Å². The molecule has 7 atom stereocenters. The van der Waals surface area contributed by atoms with Crippen LogP contribution in [0.5, 0.6) is 5.75 Å². The van der Waals surface area contributed by atoms with Crippen LogP contribution in [0.4, 0.5) is 0 Å². The summed E-state index contributed by atoms with van der Waals surface area (Å²) in [6, 6.07) is 8.01. The zero-order valence-electron chi connectivity index (χ0n) is 18.7. The van der Waals surface area contributed by atoms with E-state index in [0.717, 1.165) is 49.8 Å². The zero-order chi connectivity index (χ0) is 21.3. The van der Waals surface area contributed by atoms with Crippen molar-refractivity contribution in [2.24, 2.45) is 23.2 Å². The number of benzene rings is 1. The van der Waals surface area contributed by atoms with Crippen LogP contribution < -0.4 is 4.74 Å². The van der Waals surface area contributed by atoms with E-state index in [0.29, 0.717) is 36.4 Å². The van der Waals surface area contributed by atoms with Crippen LogP contribution >= 0.6 is 0 Å². The summed E-state index contributed by atoms with van der Waals surface area (Å²) >= 11 is 0. The summed E-state index contributed by atoms with van der Waals surface area (Å²) in [5.41, 5.74) is 1.50. The normalized spacial score (nSPS) is 36.0. The van der Waals surface area contributed by atoms with Crippen LogP contribution in [-0.4, -0.2) is 39.6 Å². The first-order chi connectivity index (χ1) is 14.4. The third kappa shape index (κ3) is 4.35. The Morgan fingerprint density at radius 3 is 2.50 bits per heavy atom. The van der Waals surface area contributed by atoms with Crippen LogP contribution in [0.1, 0.15) is 64.4 Å². The first-order valence-corrected chi connectivity index (χ1v) is 13.0. The molecule has 0 amide bonds. The molecule has 1 aromatic rings. The average molecular weight is 435 g/mol. The van der Waals surface area contributed by atoms with E-state index in [4.69, 9.17) is 9.47 Å². The van der Waals surface area contributed by atoms with Gasteiger partial charge in [-0.15, -0.1) is 0 Å². The molecule has 0 spiro atoms. The summed E-state index contributed by atoms with van der Waals surface area (Å²) in [6.45, 7) is 6.09. The highest BCUT2D eigenvalue weighted by Crippen LogP contribution is 2.63. The highest BCUT2D eigenvalue weighted by Gasteiger charge is 2.59. The van der Waals surface area contributed by atoms with E-state index < -0.39 is 10.8 Å². The molecule has 5 heteroatoms. The van der Waals surface area contributed by atoms with Gasteiger partial charge in [-0.25, -0.2) is 0 Å². The van der Waals surface area contributed by atoms with Crippen molar-refractivity contribution in [3.63, 3.8) is 0 Å². The van der Waals surface area contributed by atoms with E-state index in [-0.39, 0.29) is 16.6 Å². The maximum Gasteiger partial charge on any atom is 0.118 e. The SMILES string of the molecule is COc1ccc(COCC[C@@H]2[C@H]([S@](=O)[C@@H]3CCCC[C@H]3O)C[C@H]3C[C@@H]2C3(C)C)cc1. The lowest BCUT2D eigenvalue weighted by Crippen LogP contribution is -2.59. The van der Waals surface area contributed by atoms with Gasteiger partial charge in [-0.3, -0.25) is 4.21 Å². The molecule has 0 unspecified atom stereocenters. The number of fused-ring (bicyclic) bond motifs is 2. The lowest BCUT2D eigenvalue weighted by molar-refractivity contribution is -0.108. The summed E-state index contributed by atoms with van der Waals surface area (Å²) in [7, 11) is 0.734. The molecule has 1 aromatic carbocycles. The first-order valence-electron chi connectivity index (χ1n) is 11.7. The van der Waals surface area contributed by atoms with Gasteiger partial charge in [0.15, 0.2) is 0 Å². The Morgan fingerprint density at radius 1 is 1.10 bits per heavy atom. The lowest BCUT2D eigenvalue weighted by Gasteiger charge is -2.62. The molecule has 0 aliphatic heterocycles. The lowest BCUT2D eigenvalue weighted by atomic mass is 9.45. The second-order valence-electron chi connectivity index (χ2n) is 10.2. The van der Waals surface area contributed by atoms with Gasteiger partial charge in [0.1, 0.15) is 5.75 Å². The average Bonchev–Trinajstić information content (AvgIpc) is 2.76. The number of rotatable bonds is 8. The molecule has 4 aliphatic carbocycles. The van der Waals surface area contributed by atoms with Gasteiger partial charge < -0.3 is 14.6 Å². The van der Waals surface area contributed by atoms with E-state index in [1.165, 1.54) is 6.42 Å². The molecule has 0 saturated heterocycles. The van der Waals surface area contributed by atoms with E-state index in [9.17, 15) is 9.32 Å². The van der Waals surface area contributed by atoms with Gasteiger partial charge in [0.25, 0.3) is 0 Å². The van der Waals surface area contributed by atoms with Gasteiger partial charge in [-0.2, -0.15) is 0 Å². The predicted octanol–water partition coefficient (Wildman–Crippen LogP) is 4.70. The molecular weight excluding hydrogens is 396 g/mol. The fourth-order valence-electron chi connectivity index (χ4n) is 6.26. The number of hydrogen-bond acceptors (Lipinski definition) is 4. The number of aliphatic hydroxyl groups excluding tert-OH is 1. The maximum atomic E-state index is 13.6. The first kappa shape index (κ1) is 22.3. The summed E-state index contributed by atoms with van der Waals surface area (Å²) in [5.74, 6) is 2.62. The Bertz CT molecular complexity index is 731. The van der Waals surface area contributed by atoms with Crippen molar-refractivity contribution in [1.82, 2.24) is 0 Å². The number of ether oxygens (including phenoxy) is 2. The molecule has 0 radical (unpaired) electrons. The topological polar surface area (TPSA) is 55.8 Å². The Kier molecular flexibility index (Phi) is 6.91. The summed E-state index contributed by atoms with van der Waals surface area (Å²) in [6.07, 6.45) is 6.84. The number of hydrogen-bond donors (Lipinski definition) is 1. The summed E-state index contributed by atoms with van der Waals surface area (Å²) in [5, 5.41) is 10.7. The molecule has 5 rings (SSSR count). The van der Waals surface area contributed by atoms with Crippen molar-refractivity contribution in [3.8, 4) is 5.75 Å². The fraction of sp³-hybridized carbons (Fsp3) is 0.760. The van der Waals surface area contributed by atoms with E-state index in [2.05, 4.69) is 13.8 Å². The number of aliphatic hydroxyl groups is 1. The van der Waals surface area contributed by atoms with Gasteiger partial charge >= 0.3 is 0 Å². The highest BCUT2D eigenvalue weighted by molar-refractivity contribution is 7.86. The highest BCUT2D eigenvalue weighted by atomic mass is 32.2. The van der Waals surface area contributed by atoms with Crippen LogP contribution in [0.2, 0.25) is 0 Å². The van der Waals surface area contributed by atoms with Gasteiger partial charge in [-0.1, -0.05) is 38.8 Å². The monoisotopic (exact) mass is 434 g/mol. The van der Waals surface area contributed by atoms with Crippen molar-refractivity contribution in [2.75, 3.05) is 13.7 Å². The summed E-state index contributed by atoms with van der Waals surface area (Å²) in [4.78, 5) is 0. The van der Waals surface area contributed by atoms with Crippen LogP contribution in [0, 0.1) is 23.2 Å². The van der Waals surface area contributed by atoms with Gasteiger partial charge in [0.05, 0.1) is 25.1 Å². The van der Waals surface area contributed by atoms with E-state index in [1.54, 1.807) is 7.11 Å². The molecule has 0 heterocycles. The minimum Gasteiger partial charge on any atom is -0.497 e. The minimum absolute atomic E-state index is 0.0212. The fourth-order valence-corrected chi connectivity index (χ4v) is 8.64. The van der Waals surface area contributed by atoms with Crippen molar-refractivity contribution < 1.29 is 18.8 Å². The Morgan fingerprint density at radius 2 is 1.83 bits per heavy atom. The minimum atomic E-state index is -0.941. The molecular formula is C25H38O4S. The molecule has 4 saturated carbocycles. The number of methoxy groups -OCH3 is 1. The molecule has 30 heavy (non-hydrogen) atoms. The second-order valence-corrected chi connectivity index (χ2v) is 12.1. The van der Waals surface area contributed by atoms with E-state index in [1.807, 2.05) is 24.3 Å². The molecule has 168 valence electrons. The Hall–Kier alpha value is -0.910. The predicted molar refractivity (Wildman–Crippen MR) is 121 cm³/mol. The van der Waals surface area contributed by atoms with Gasteiger partial charge in [0, 0.05) is 22.7 Å². The summed E-state index contributed by atoms with van der Waals surface area (Å²) < 4.78 is 24.8. The Labute approximate surface area is 184 Å². The smallest absolute Gasteiger partial charge is 0.118 e. The molecule has 1 N–H and O–H groups in total. The third-order valence-electron chi connectivity index (χ3n) is 8.35. The van der Waals surface area contributed by atoms with Crippen molar-refractivity contribution in [1.29, 1.82) is 0 Å². The molecule has 4 aliphatic rings. The largest absolute Gasteiger partial charge is 0.497 e.